The smallest absolute Gasteiger partial charge is 0.240 e. The number of hydrogen-bond acceptors (Lipinski definition) is 7. The van der Waals surface area contributed by atoms with E-state index in [-0.39, 0.29) is 18.5 Å². The summed E-state index contributed by atoms with van der Waals surface area (Å²) in [6.45, 7) is 8.69. The molecule has 0 radical (unpaired) electrons. The van der Waals surface area contributed by atoms with Crippen LogP contribution in [-0.2, 0) is 20.1 Å². The Morgan fingerprint density at radius 2 is 2.08 bits per heavy atom. The number of rotatable bonds is 5. The average Bonchev–Trinajstić information content (AvgIpc) is 3.53. The van der Waals surface area contributed by atoms with Gasteiger partial charge in [-0.15, -0.1) is 5.10 Å². The van der Waals surface area contributed by atoms with Crippen molar-refractivity contribution >= 4 is 23.1 Å². The summed E-state index contributed by atoms with van der Waals surface area (Å²) in [5, 5.41) is 26.8. The zero-order chi connectivity index (χ0) is 26.1. The Morgan fingerprint density at radius 3 is 2.84 bits per heavy atom. The van der Waals surface area contributed by atoms with Gasteiger partial charge in [0.1, 0.15) is 11.9 Å². The van der Waals surface area contributed by atoms with Crippen LogP contribution in [0, 0.1) is 5.82 Å². The molecule has 196 valence electrons. The number of ether oxygens (including phenoxy) is 2. The van der Waals surface area contributed by atoms with Crippen LogP contribution in [0.4, 0.5) is 4.39 Å². The molecule has 2 bridgehead atoms. The van der Waals surface area contributed by atoms with Gasteiger partial charge in [0.25, 0.3) is 0 Å². The minimum absolute atomic E-state index is 0.0450. The SMILES string of the molecule is CCOc1nn(CCO)c2c1/C=C/c1n[nH]c3cc(F)c(cc13)-c1cnn(C)c1O[C@H](C)CN(CC)C2. The van der Waals surface area contributed by atoms with Gasteiger partial charge >= 0.3 is 0 Å². The maximum atomic E-state index is 15.3. The lowest BCUT2D eigenvalue weighted by molar-refractivity contribution is 0.133. The van der Waals surface area contributed by atoms with Crippen molar-refractivity contribution in [1.82, 2.24) is 34.7 Å². The van der Waals surface area contributed by atoms with Crippen molar-refractivity contribution in [2.45, 2.75) is 40.0 Å². The molecule has 0 unspecified atom stereocenters. The zero-order valence-electron chi connectivity index (χ0n) is 21.5. The molecule has 4 heterocycles. The summed E-state index contributed by atoms with van der Waals surface area (Å²) >= 11 is 0. The molecule has 2 N–H and O–H groups in total. The lowest BCUT2D eigenvalue weighted by atomic mass is 10.0. The fourth-order valence-electron chi connectivity index (χ4n) is 4.76. The Hall–Kier alpha value is -3.70. The van der Waals surface area contributed by atoms with Gasteiger partial charge in [0.2, 0.25) is 11.8 Å². The minimum atomic E-state index is -0.386. The maximum absolute atomic E-state index is 15.3. The number of nitrogens with zero attached hydrogens (tertiary/aromatic N) is 6. The van der Waals surface area contributed by atoms with Gasteiger partial charge in [-0.3, -0.25) is 14.7 Å². The first-order valence-electron chi connectivity index (χ1n) is 12.5. The molecule has 0 aliphatic carbocycles. The number of aliphatic hydroxyl groups excluding tert-OH is 1. The summed E-state index contributed by atoms with van der Waals surface area (Å²) < 4.78 is 30.9. The summed E-state index contributed by atoms with van der Waals surface area (Å²) in [6.07, 6.45) is 5.23. The van der Waals surface area contributed by atoms with E-state index in [1.54, 1.807) is 28.7 Å². The molecule has 4 aromatic rings. The van der Waals surface area contributed by atoms with E-state index in [1.165, 1.54) is 6.07 Å². The van der Waals surface area contributed by atoms with Crippen molar-refractivity contribution in [2.24, 2.45) is 7.05 Å². The first-order valence-corrected chi connectivity index (χ1v) is 12.5. The normalized spacial score (nSPS) is 17.2. The second-order valence-electron chi connectivity index (χ2n) is 9.11. The van der Waals surface area contributed by atoms with Crippen LogP contribution in [0.25, 0.3) is 34.2 Å². The van der Waals surface area contributed by atoms with E-state index < -0.39 is 0 Å². The van der Waals surface area contributed by atoms with Gasteiger partial charge in [0.05, 0.1) is 54.0 Å². The predicted octanol–water partition coefficient (Wildman–Crippen LogP) is 3.46. The Labute approximate surface area is 214 Å². The van der Waals surface area contributed by atoms with Crippen LogP contribution in [0.1, 0.15) is 37.7 Å². The quantitative estimate of drug-likeness (QED) is 0.424. The van der Waals surface area contributed by atoms with E-state index in [1.807, 2.05) is 26.0 Å². The molecular formula is C26H32FN7O3. The van der Waals surface area contributed by atoms with Gasteiger partial charge in [0, 0.05) is 37.2 Å². The molecule has 0 spiro atoms. The second kappa shape index (κ2) is 10.3. The average molecular weight is 510 g/mol. The van der Waals surface area contributed by atoms with E-state index >= 15 is 4.39 Å². The lowest BCUT2D eigenvalue weighted by Gasteiger charge is -2.25. The molecule has 37 heavy (non-hydrogen) atoms. The van der Waals surface area contributed by atoms with Gasteiger partial charge in [-0.1, -0.05) is 6.92 Å². The number of benzene rings is 1. The molecule has 0 amide bonds. The number of aryl methyl sites for hydroxylation is 1. The molecule has 0 fully saturated rings. The Morgan fingerprint density at radius 1 is 1.24 bits per heavy atom. The molecule has 11 heteroatoms. The fraction of sp³-hybridized carbons (Fsp3) is 0.423. The van der Waals surface area contributed by atoms with E-state index in [9.17, 15) is 5.11 Å². The van der Waals surface area contributed by atoms with Crippen molar-refractivity contribution in [2.75, 3.05) is 26.3 Å². The molecule has 1 aliphatic heterocycles. The summed E-state index contributed by atoms with van der Waals surface area (Å²) in [4.78, 5) is 2.24. The van der Waals surface area contributed by atoms with E-state index in [0.29, 0.717) is 60.3 Å². The van der Waals surface area contributed by atoms with Crippen LogP contribution < -0.4 is 9.47 Å². The van der Waals surface area contributed by atoms with Crippen LogP contribution in [0.3, 0.4) is 0 Å². The monoisotopic (exact) mass is 509 g/mol. The number of H-pyrrole nitrogens is 1. The highest BCUT2D eigenvalue weighted by molar-refractivity contribution is 5.93. The van der Waals surface area contributed by atoms with Gasteiger partial charge < -0.3 is 14.6 Å². The number of aliphatic hydroxyl groups is 1. The van der Waals surface area contributed by atoms with Gasteiger partial charge in [-0.25, -0.2) is 9.07 Å². The van der Waals surface area contributed by atoms with Crippen molar-refractivity contribution in [3.05, 3.63) is 41.1 Å². The molecule has 1 atom stereocenters. The number of nitrogens with one attached hydrogen (secondary N) is 1. The van der Waals surface area contributed by atoms with Crippen LogP contribution >= 0.6 is 0 Å². The summed E-state index contributed by atoms with van der Waals surface area (Å²) in [6, 6.07) is 3.22. The summed E-state index contributed by atoms with van der Waals surface area (Å²) in [7, 11) is 1.79. The topological polar surface area (TPSA) is 106 Å². The second-order valence-corrected chi connectivity index (χ2v) is 9.11. The fourth-order valence-corrected chi connectivity index (χ4v) is 4.76. The van der Waals surface area contributed by atoms with Crippen LogP contribution in [0.2, 0.25) is 0 Å². The number of aromatic nitrogens is 6. The van der Waals surface area contributed by atoms with Crippen molar-refractivity contribution in [1.29, 1.82) is 0 Å². The van der Waals surface area contributed by atoms with Gasteiger partial charge in [-0.05, 0) is 38.6 Å². The highest BCUT2D eigenvalue weighted by Gasteiger charge is 2.24. The van der Waals surface area contributed by atoms with E-state index in [4.69, 9.17) is 9.47 Å². The van der Waals surface area contributed by atoms with Gasteiger partial charge in [-0.2, -0.15) is 10.2 Å². The molecule has 10 nitrogen and oxygen atoms in total. The van der Waals surface area contributed by atoms with Crippen LogP contribution in [-0.4, -0.2) is 72.2 Å². The zero-order valence-corrected chi connectivity index (χ0v) is 21.5. The van der Waals surface area contributed by atoms with Crippen LogP contribution in [0.15, 0.2) is 18.3 Å². The standard InChI is InChI=1S/C26H32FN7O3/c1-5-33-14-16(3)37-26-20(13-28-32(26)4)18-11-19-22(29-30-23(19)12-21(18)27)8-7-17-24(15-33)34(9-10-35)31-25(17)36-6-2/h7-8,11-13,16,35H,5-6,9-10,14-15H2,1-4H3,(H,29,30)/b8-7+/t16-/m1/s1. The predicted molar refractivity (Wildman–Crippen MR) is 139 cm³/mol. The Kier molecular flexibility index (Phi) is 6.98. The minimum Gasteiger partial charge on any atom is -0.476 e. The number of fused-ring (bicyclic) bond motifs is 4. The number of hydrogen-bond donors (Lipinski definition) is 2. The Balaban J connectivity index is 1.72. The highest BCUT2D eigenvalue weighted by Crippen LogP contribution is 2.36. The third-order valence-corrected chi connectivity index (χ3v) is 6.57. The highest BCUT2D eigenvalue weighted by atomic mass is 19.1. The van der Waals surface area contributed by atoms with E-state index in [0.717, 1.165) is 23.2 Å². The molecule has 5 rings (SSSR count). The van der Waals surface area contributed by atoms with Crippen LogP contribution in [0.5, 0.6) is 11.8 Å². The first kappa shape index (κ1) is 25.0. The molecule has 1 aliphatic rings. The number of aromatic amines is 1. The van der Waals surface area contributed by atoms with Gasteiger partial charge in [0.15, 0.2) is 0 Å². The van der Waals surface area contributed by atoms with Crippen molar-refractivity contribution < 1.29 is 19.0 Å². The van der Waals surface area contributed by atoms with Crippen molar-refractivity contribution in [3.8, 4) is 22.9 Å². The first-order chi connectivity index (χ1) is 17.9. The third kappa shape index (κ3) is 4.72. The largest absolute Gasteiger partial charge is 0.476 e. The molecule has 0 saturated heterocycles. The number of halogens is 1. The third-order valence-electron chi connectivity index (χ3n) is 6.57. The maximum Gasteiger partial charge on any atom is 0.240 e. The molecule has 3 aromatic heterocycles. The summed E-state index contributed by atoms with van der Waals surface area (Å²) in [5.74, 6) is 0.613. The summed E-state index contributed by atoms with van der Waals surface area (Å²) in [5.41, 5.74) is 3.97. The van der Waals surface area contributed by atoms with E-state index in [2.05, 4.69) is 32.2 Å². The molecule has 0 saturated carbocycles. The molecular weight excluding hydrogens is 477 g/mol. The number of likely N-dealkylation sites (N-methyl/N-ethyl adjacent to an activating group) is 1. The molecule has 1 aromatic carbocycles. The Bertz CT molecular complexity index is 1440. The lowest BCUT2D eigenvalue weighted by Crippen LogP contribution is -2.34. The van der Waals surface area contributed by atoms with Crippen molar-refractivity contribution in [3.63, 3.8) is 0 Å².